The Morgan fingerprint density at radius 1 is 0.880 bits per heavy atom. The Kier molecular flexibility index (Phi) is 4.88. The van der Waals surface area contributed by atoms with Crippen LogP contribution in [0.25, 0.3) is 22.0 Å². The molecule has 0 fully saturated rings. The van der Waals surface area contributed by atoms with E-state index >= 15 is 0 Å². The molecule has 7 heteroatoms. The van der Waals surface area contributed by atoms with Crippen LogP contribution in [0.5, 0.6) is 17.4 Å². The first-order chi connectivity index (χ1) is 12.0. The highest BCUT2D eigenvalue weighted by atomic mass is 35.5. The largest absolute Gasteiger partial charge is 0.495 e. The number of aromatic nitrogens is 2. The summed E-state index contributed by atoms with van der Waals surface area (Å²) in [5, 5.41) is 2.42. The van der Waals surface area contributed by atoms with Gasteiger partial charge < -0.3 is 14.2 Å². The zero-order valence-electron chi connectivity index (χ0n) is 14.2. The number of aryl methyl sites for hydroxylation is 1. The molecule has 0 N–H and O–H groups in total. The maximum atomic E-state index is 6.49. The molecule has 0 aliphatic heterocycles. The van der Waals surface area contributed by atoms with E-state index in [0.717, 1.165) is 16.5 Å². The molecule has 5 nitrogen and oxygen atoms in total. The van der Waals surface area contributed by atoms with Gasteiger partial charge in [0.2, 0.25) is 5.88 Å². The van der Waals surface area contributed by atoms with Gasteiger partial charge in [0.25, 0.3) is 0 Å². The van der Waals surface area contributed by atoms with Crippen molar-refractivity contribution in [1.82, 2.24) is 9.97 Å². The van der Waals surface area contributed by atoms with Crippen LogP contribution < -0.4 is 14.2 Å². The number of ether oxygens (including phenoxy) is 3. The van der Waals surface area contributed by atoms with E-state index in [2.05, 4.69) is 9.97 Å². The van der Waals surface area contributed by atoms with Gasteiger partial charge in [0.15, 0.2) is 0 Å². The van der Waals surface area contributed by atoms with E-state index in [4.69, 9.17) is 37.4 Å². The molecule has 25 heavy (non-hydrogen) atoms. The Morgan fingerprint density at radius 3 is 2.08 bits per heavy atom. The van der Waals surface area contributed by atoms with Crippen molar-refractivity contribution in [3.8, 4) is 28.6 Å². The van der Waals surface area contributed by atoms with E-state index < -0.39 is 0 Å². The van der Waals surface area contributed by atoms with Gasteiger partial charge in [-0.05, 0) is 19.1 Å². The third-order valence-electron chi connectivity index (χ3n) is 3.84. The fraction of sp³-hybridized carbons (Fsp3) is 0.222. The van der Waals surface area contributed by atoms with E-state index in [1.807, 2.05) is 19.1 Å². The lowest BCUT2D eigenvalue weighted by Crippen LogP contribution is -1.97. The summed E-state index contributed by atoms with van der Waals surface area (Å²) in [5.41, 5.74) is 1.93. The van der Waals surface area contributed by atoms with Gasteiger partial charge in [-0.3, -0.25) is 4.98 Å². The summed E-state index contributed by atoms with van der Waals surface area (Å²) >= 11 is 13.0. The maximum Gasteiger partial charge on any atom is 0.221 e. The summed E-state index contributed by atoms with van der Waals surface area (Å²) in [6.45, 7) is 1.91. The molecule has 3 rings (SSSR count). The average molecular weight is 379 g/mol. The second-order valence-corrected chi connectivity index (χ2v) is 6.10. The molecule has 0 atom stereocenters. The third kappa shape index (κ3) is 3.05. The van der Waals surface area contributed by atoms with Crippen LogP contribution in [-0.2, 0) is 0 Å². The van der Waals surface area contributed by atoms with Crippen molar-refractivity contribution in [3.63, 3.8) is 0 Å². The SMILES string of the molecule is COc1cc(OC)c(Cl)c(-c2cc3cnc(C)cc3c(OC)n2)c1Cl. The molecule has 0 saturated carbocycles. The second-order valence-electron chi connectivity index (χ2n) is 5.35. The number of nitrogens with zero attached hydrogens (tertiary/aromatic N) is 2. The van der Waals surface area contributed by atoms with Gasteiger partial charge in [0, 0.05) is 34.3 Å². The van der Waals surface area contributed by atoms with Crippen molar-refractivity contribution in [2.75, 3.05) is 21.3 Å². The molecule has 0 spiro atoms. The Morgan fingerprint density at radius 2 is 1.52 bits per heavy atom. The molecule has 0 amide bonds. The monoisotopic (exact) mass is 378 g/mol. The summed E-state index contributed by atoms with van der Waals surface area (Å²) in [7, 11) is 4.62. The molecule has 0 aliphatic carbocycles. The van der Waals surface area contributed by atoms with Crippen molar-refractivity contribution in [2.45, 2.75) is 6.92 Å². The van der Waals surface area contributed by atoms with Crippen LogP contribution >= 0.6 is 23.2 Å². The van der Waals surface area contributed by atoms with Crippen molar-refractivity contribution < 1.29 is 14.2 Å². The quantitative estimate of drug-likeness (QED) is 0.643. The van der Waals surface area contributed by atoms with Gasteiger partial charge in [0.1, 0.15) is 11.5 Å². The van der Waals surface area contributed by atoms with Gasteiger partial charge in [-0.15, -0.1) is 0 Å². The van der Waals surface area contributed by atoms with Crippen LogP contribution in [0.3, 0.4) is 0 Å². The number of pyridine rings is 2. The topological polar surface area (TPSA) is 53.5 Å². The summed E-state index contributed by atoms with van der Waals surface area (Å²) in [6, 6.07) is 5.41. The predicted octanol–water partition coefficient (Wildman–Crippen LogP) is 4.94. The summed E-state index contributed by atoms with van der Waals surface area (Å²) in [4.78, 5) is 8.90. The van der Waals surface area contributed by atoms with Crippen LogP contribution in [0, 0.1) is 6.92 Å². The van der Waals surface area contributed by atoms with Gasteiger partial charge >= 0.3 is 0 Å². The molecule has 0 aliphatic rings. The van der Waals surface area contributed by atoms with Crippen molar-refractivity contribution in [2.24, 2.45) is 0 Å². The standard InChI is InChI=1S/C18H16Cl2N2O3/c1-9-5-11-10(8-21-9)6-12(22-18(11)25-4)15-16(19)13(23-2)7-14(24-3)17(15)20/h5-8H,1-4H3. The van der Waals surface area contributed by atoms with Gasteiger partial charge in [-0.2, -0.15) is 0 Å². The molecule has 0 bridgehead atoms. The van der Waals surface area contributed by atoms with Crippen LogP contribution in [0.2, 0.25) is 10.0 Å². The highest BCUT2D eigenvalue weighted by Gasteiger charge is 2.21. The highest BCUT2D eigenvalue weighted by molar-refractivity contribution is 6.41. The van der Waals surface area contributed by atoms with E-state index in [-0.39, 0.29) is 0 Å². The number of rotatable bonds is 4. The van der Waals surface area contributed by atoms with E-state index in [0.29, 0.717) is 38.7 Å². The predicted molar refractivity (Wildman–Crippen MR) is 99.4 cm³/mol. The number of hydrogen-bond donors (Lipinski definition) is 0. The lowest BCUT2D eigenvalue weighted by atomic mass is 10.1. The maximum absolute atomic E-state index is 6.49. The van der Waals surface area contributed by atoms with E-state index in [9.17, 15) is 0 Å². The van der Waals surface area contributed by atoms with E-state index in [1.54, 1.807) is 19.4 Å². The molecule has 2 heterocycles. The molecule has 2 aromatic heterocycles. The molecule has 0 radical (unpaired) electrons. The molecule has 0 unspecified atom stereocenters. The molecule has 3 aromatic rings. The number of hydrogen-bond acceptors (Lipinski definition) is 5. The van der Waals surface area contributed by atoms with Gasteiger partial charge in [-0.1, -0.05) is 23.2 Å². The molecule has 130 valence electrons. The first-order valence-corrected chi connectivity index (χ1v) is 8.17. The zero-order valence-corrected chi connectivity index (χ0v) is 15.7. The first-order valence-electron chi connectivity index (χ1n) is 7.41. The van der Waals surface area contributed by atoms with Crippen LogP contribution in [-0.4, -0.2) is 31.3 Å². The zero-order chi connectivity index (χ0) is 18.1. The smallest absolute Gasteiger partial charge is 0.221 e. The number of fused-ring (bicyclic) bond motifs is 1. The minimum atomic E-state index is 0.349. The molecular formula is C18H16Cl2N2O3. The van der Waals surface area contributed by atoms with E-state index in [1.165, 1.54) is 14.2 Å². The minimum absolute atomic E-state index is 0.349. The van der Waals surface area contributed by atoms with Gasteiger partial charge in [0.05, 0.1) is 37.1 Å². The Hall–Kier alpha value is -2.24. The number of halogens is 2. The van der Waals surface area contributed by atoms with Crippen molar-refractivity contribution in [3.05, 3.63) is 40.1 Å². The Balaban J connectivity index is 2.35. The Labute approximate surface area is 155 Å². The summed E-state index contributed by atoms with van der Waals surface area (Å²) in [6.07, 6.45) is 1.76. The summed E-state index contributed by atoms with van der Waals surface area (Å²) < 4.78 is 16.1. The van der Waals surface area contributed by atoms with Crippen LogP contribution in [0.15, 0.2) is 24.4 Å². The Bertz CT molecular complexity index is 933. The first kappa shape index (κ1) is 17.6. The second kappa shape index (κ2) is 6.94. The minimum Gasteiger partial charge on any atom is -0.495 e. The van der Waals surface area contributed by atoms with Crippen LogP contribution in [0.1, 0.15) is 5.69 Å². The fourth-order valence-corrected chi connectivity index (χ4v) is 3.31. The third-order valence-corrected chi connectivity index (χ3v) is 4.59. The lowest BCUT2D eigenvalue weighted by molar-refractivity contribution is 0.394. The van der Waals surface area contributed by atoms with Crippen molar-refractivity contribution >= 4 is 34.0 Å². The summed E-state index contributed by atoms with van der Waals surface area (Å²) in [5.74, 6) is 1.36. The highest BCUT2D eigenvalue weighted by Crippen LogP contribution is 2.46. The number of benzene rings is 1. The lowest BCUT2D eigenvalue weighted by Gasteiger charge is -2.15. The molecule has 0 saturated heterocycles. The molecule has 1 aromatic carbocycles. The molecular weight excluding hydrogens is 363 g/mol. The normalized spacial score (nSPS) is 10.8. The van der Waals surface area contributed by atoms with Gasteiger partial charge in [-0.25, -0.2) is 4.98 Å². The fourth-order valence-electron chi connectivity index (χ4n) is 2.61. The van der Waals surface area contributed by atoms with Crippen molar-refractivity contribution in [1.29, 1.82) is 0 Å². The average Bonchev–Trinajstić information content (AvgIpc) is 2.61. The van der Waals surface area contributed by atoms with Crippen LogP contribution in [0.4, 0.5) is 0 Å². The number of methoxy groups -OCH3 is 3.